The van der Waals surface area contributed by atoms with Crippen molar-refractivity contribution in [2.75, 3.05) is 7.05 Å². The number of aryl methyl sites for hydroxylation is 1. The summed E-state index contributed by atoms with van der Waals surface area (Å²) in [5.74, 6) is -2.04. The topological polar surface area (TPSA) is 70.8 Å². The molecule has 1 aromatic carbocycles. The van der Waals surface area contributed by atoms with E-state index in [1.54, 1.807) is 11.9 Å². The molecule has 0 radical (unpaired) electrons. The Morgan fingerprint density at radius 3 is 2.33 bits per heavy atom. The van der Waals surface area contributed by atoms with Crippen LogP contribution in [0.15, 0.2) is 41.3 Å². The molecule has 0 fully saturated rings. The van der Waals surface area contributed by atoms with Gasteiger partial charge in [0.1, 0.15) is 11.3 Å². The zero-order valence-corrected chi connectivity index (χ0v) is 13.1. The lowest BCUT2D eigenvalue weighted by Crippen LogP contribution is -2.23. The molecular weight excluding hydrogens is 327 g/mol. The van der Waals surface area contributed by atoms with Crippen molar-refractivity contribution in [3.05, 3.63) is 48.2 Å². The first-order valence-electron chi connectivity index (χ1n) is 6.72. The van der Waals surface area contributed by atoms with Crippen LogP contribution in [0.4, 0.5) is 13.2 Å². The number of benzene rings is 1. The normalized spacial score (nSPS) is 10.7. The van der Waals surface area contributed by atoms with E-state index in [1.807, 2.05) is 31.2 Å². The Balaban J connectivity index is 0.000000351. The Morgan fingerprint density at radius 2 is 1.88 bits per heavy atom. The quantitative estimate of drug-likeness (QED) is 0.866. The number of carbonyl (C=O) groups excluding carboxylic acids is 1. The van der Waals surface area contributed by atoms with Crippen LogP contribution < -0.4 is 0 Å². The Hall–Kier alpha value is -2.77. The number of aliphatic carboxylic acids is 1. The number of alkyl halides is 3. The van der Waals surface area contributed by atoms with Crippen LogP contribution in [0.2, 0.25) is 0 Å². The minimum Gasteiger partial charge on any atom is -0.475 e. The molecule has 5 nitrogen and oxygen atoms in total. The highest BCUT2D eigenvalue weighted by molar-refractivity contribution is 5.87. The SMILES string of the molecule is C=CC(=O)N(C)Cc1oc2ccccc2c1C.O=C(O)C(F)(F)F. The molecule has 0 saturated heterocycles. The summed E-state index contributed by atoms with van der Waals surface area (Å²) < 4.78 is 37.5. The monoisotopic (exact) mass is 343 g/mol. The van der Waals surface area contributed by atoms with Gasteiger partial charge in [-0.2, -0.15) is 13.2 Å². The number of likely N-dealkylation sites (N-methyl/N-ethyl adjacent to an activating group) is 1. The van der Waals surface area contributed by atoms with Gasteiger partial charge in [0, 0.05) is 18.0 Å². The van der Waals surface area contributed by atoms with Crippen LogP contribution in [0.1, 0.15) is 11.3 Å². The number of hydrogen-bond acceptors (Lipinski definition) is 3. The largest absolute Gasteiger partial charge is 0.490 e. The van der Waals surface area contributed by atoms with E-state index in [4.69, 9.17) is 14.3 Å². The second kappa shape index (κ2) is 7.67. The highest BCUT2D eigenvalue weighted by atomic mass is 19.4. The minimum absolute atomic E-state index is 0.107. The van der Waals surface area contributed by atoms with Crippen molar-refractivity contribution in [3.63, 3.8) is 0 Å². The first-order chi connectivity index (χ1) is 11.1. The number of hydrogen-bond donors (Lipinski definition) is 1. The van der Waals surface area contributed by atoms with E-state index in [1.165, 1.54) is 6.08 Å². The zero-order valence-electron chi connectivity index (χ0n) is 13.1. The van der Waals surface area contributed by atoms with Crippen molar-refractivity contribution in [1.29, 1.82) is 0 Å². The summed E-state index contributed by atoms with van der Waals surface area (Å²) in [6, 6.07) is 7.87. The summed E-state index contributed by atoms with van der Waals surface area (Å²) in [6.07, 6.45) is -3.78. The van der Waals surface area contributed by atoms with Crippen LogP contribution in [0.25, 0.3) is 11.0 Å². The average molecular weight is 343 g/mol. The van der Waals surface area contributed by atoms with Gasteiger partial charge in [0.25, 0.3) is 0 Å². The molecule has 0 spiro atoms. The number of halogens is 3. The molecular formula is C16H16F3NO4. The molecule has 0 unspecified atom stereocenters. The van der Waals surface area contributed by atoms with E-state index in [2.05, 4.69) is 6.58 Å². The van der Waals surface area contributed by atoms with Gasteiger partial charge in [-0.25, -0.2) is 4.79 Å². The van der Waals surface area contributed by atoms with Crippen molar-refractivity contribution in [3.8, 4) is 0 Å². The molecule has 1 heterocycles. The smallest absolute Gasteiger partial charge is 0.475 e. The van der Waals surface area contributed by atoms with Gasteiger partial charge >= 0.3 is 12.1 Å². The van der Waals surface area contributed by atoms with E-state index in [9.17, 15) is 18.0 Å². The summed E-state index contributed by atoms with van der Waals surface area (Å²) >= 11 is 0. The van der Waals surface area contributed by atoms with Gasteiger partial charge in [-0.1, -0.05) is 24.8 Å². The molecule has 130 valence electrons. The van der Waals surface area contributed by atoms with E-state index in [0.717, 1.165) is 22.3 Å². The highest BCUT2D eigenvalue weighted by Crippen LogP contribution is 2.25. The number of carbonyl (C=O) groups is 2. The fourth-order valence-electron chi connectivity index (χ4n) is 1.82. The minimum atomic E-state index is -5.08. The number of furan rings is 1. The van der Waals surface area contributed by atoms with Crippen LogP contribution in [-0.2, 0) is 16.1 Å². The molecule has 2 rings (SSSR count). The third-order valence-corrected chi connectivity index (χ3v) is 3.12. The van der Waals surface area contributed by atoms with Crippen LogP contribution in [0, 0.1) is 6.92 Å². The van der Waals surface area contributed by atoms with E-state index in [-0.39, 0.29) is 5.91 Å². The third-order valence-electron chi connectivity index (χ3n) is 3.12. The Kier molecular flexibility index (Phi) is 6.16. The Morgan fingerprint density at radius 1 is 1.33 bits per heavy atom. The average Bonchev–Trinajstić information content (AvgIpc) is 2.82. The van der Waals surface area contributed by atoms with Crippen LogP contribution in [-0.4, -0.2) is 35.1 Å². The van der Waals surface area contributed by atoms with Crippen molar-refractivity contribution in [1.82, 2.24) is 4.90 Å². The summed E-state index contributed by atoms with van der Waals surface area (Å²) in [5, 5.41) is 8.22. The lowest BCUT2D eigenvalue weighted by molar-refractivity contribution is -0.192. The Labute approximate surface area is 136 Å². The van der Waals surface area contributed by atoms with Gasteiger partial charge in [0.2, 0.25) is 5.91 Å². The Bertz CT molecular complexity index is 749. The lowest BCUT2D eigenvalue weighted by Gasteiger charge is -2.13. The summed E-state index contributed by atoms with van der Waals surface area (Å²) in [6.45, 7) is 5.94. The van der Waals surface area contributed by atoms with Gasteiger partial charge < -0.3 is 14.4 Å². The van der Waals surface area contributed by atoms with E-state index >= 15 is 0 Å². The number of carboxylic acid groups (broad SMARTS) is 1. The molecule has 1 aromatic heterocycles. The molecule has 0 bridgehead atoms. The maximum Gasteiger partial charge on any atom is 0.490 e. The van der Waals surface area contributed by atoms with Crippen LogP contribution >= 0.6 is 0 Å². The molecule has 24 heavy (non-hydrogen) atoms. The van der Waals surface area contributed by atoms with Crippen molar-refractivity contribution in [2.45, 2.75) is 19.6 Å². The molecule has 0 aliphatic carbocycles. The summed E-state index contributed by atoms with van der Waals surface area (Å²) in [7, 11) is 1.73. The molecule has 1 amide bonds. The van der Waals surface area contributed by atoms with Crippen molar-refractivity contribution in [2.24, 2.45) is 0 Å². The second-order valence-corrected chi connectivity index (χ2v) is 4.85. The molecule has 0 saturated carbocycles. The molecule has 0 aliphatic rings. The summed E-state index contributed by atoms with van der Waals surface area (Å²) in [5.41, 5.74) is 1.95. The van der Waals surface area contributed by atoms with Gasteiger partial charge in [-0.3, -0.25) is 4.79 Å². The maximum atomic E-state index is 11.4. The highest BCUT2D eigenvalue weighted by Gasteiger charge is 2.38. The lowest BCUT2D eigenvalue weighted by atomic mass is 10.1. The molecule has 8 heteroatoms. The number of rotatable bonds is 3. The van der Waals surface area contributed by atoms with Gasteiger partial charge in [-0.05, 0) is 19.1 Å². The van der Waals surface area contributed by atoms with E-state index < -0.39 is 12.1 Å². The zero-order chi connectivity index (χ0) is 18.5. The fraction of sp³-hybridized carbons (Fsp3) is 0.250. The first-order valence-corrected chi connectivity index (χ1v) is 6.72. The number of nitrogens with zero attached hydrogens (tertiary/aromatic N) is 1. The fourth-order valence-corrected chi connectivity index (χ4v) is 1.82. The second-order valence-electron chi connectivity index (χ2n) is 4.85. The summed E-state index contributed by atoms with van der Waals surface area (Å²) in [4.78, 5) is 21.9. The standard InChI is InChI=1S/C14H15NO2.C2HF3O2/c1-4-14(16)15(3)9-13-10(2)11-7-5-6-8-12(11)17-13;3-2(4,5)1(6)7/h4-8H,1,9H2,2-3H3;(H,6,7). The van der Waals surface area contributed by atoms with Gasteiger partial charge in [0.05, 0.1) is 6.54 Å². The van der Waals surface area contributed by atoms with Gasteiger partial charge in [-0.15, -0.1) is 0 Å². The van der Waals surface area contributed by atoms with Gasteiger partial charge in [0.15, 0.2) is 0 Å². The molecule has 1 N–H and O–H groups in total. The number of amides is 1. The first kappa shape index (κ1) is 19.3. The number of para-hydroxylation sites is 1. The molecule has 0 atom stereocenters. The van der Waals surface area contributed by atoms with Crippen LogP contribution in [0.5, 0.6) is 0 Å². The third kappa shape index (κ3) is 4.87. The predicted molar refractivity (Wildman–Crippen MR) is 81.3 cm³/mol. The predicted octanol–water partition coefficient (Wildman–Crippen LogP) is 3.52. The maximum absolute atomic E-state index is 11.4. The molecule has 2 aromatic rings. The number of carboxylic acids is 1. The van der Waals surface area contributed by atoms with E-state index in [0.29, 0.717) is 6.54 Å². The van der Waals surface area contributed by atoms with Crippen molar-refractivity contribution >= 4 is 22.8 Å². The molecule has 0 aliphatic heterocycles. The van der Waals surface area contributed by atoms with Crippen molar-refractivity contribution < 1.29 is 32.3 Å². The van der Waals surface area contributed by atoms with Crippen LogP contribution in [0.3, 0.4) is 0 Å². The number of fused-ring (bicyclic) bond motifs is 1.